The number of para-hydroxylation sites is 1. The SMILES string of the molecule is COc1ccc(C(=O)NNC(=O)CN2CCCc3ccccc32)cc1S(=O)(=O)NC1CC1. The van der Waals surface area contributed by atoms with E-state index in [1.807, 2.05) is 23.1 Å². The third-order valence-electron chi connectivity index (χ3n) is 5.47. The summed E-state index contributed by atoms with van der Waals surface area (Å²) in [5, 5.41) is 0. The van der Waals surface area contributed by atoms with Gasteiger partial charge in [-0.05, 0) is 55.5 Å². The van der Waals surface area contributed by atoms with Gasteiger partial charge in [0.05, 0.1) is 13.7 Å². The average molecular weight is 459 g/mol. The maximum Gasteiger partial charge on any atom is 0.269 e. The van der Waals surface area contributed by atoms with Crippen molar-refractivity contribution in [1.82, 2.24) is 15.6 Å². The van der Waals surface area contributed by atoms with Crippen molar-refractivity contribution >= 4 is 27.5 Å². The molecule has 2 aromatic rings. The minimum atomic E-state index is -3.82. The lowest BCUT2D eigenvalue weighted by atomic mass is 10.0. The molecule has 2 aliphatic rings. The van der Waals surface area contributed by atoms with Gasteiger partial charge in [0.2, 0.25) is 10.0 Å². The Morgan fingerprint density at radius 2 is 1.91 bits per heavy atom. The van der Waals surface area contributed by atoms with Crippen LogP contribution in [0.4, 0.5) is 5.69 Å². The summed E-state index contributed by atoms with van der Waals surface area (Å²) in [6.45, 7) is 0.858. The first-order valence-corrected chi connectivity index (χ1v) is 12.0. The van der Waals surface area contributed by atoms with E-state index in [1.165, 1.54) is 30.9 Å². The van der Waals surface area contributed by atoms with Gasteiger partial charge in [-0.2, -0.15) is 0 Å². The minimum absolute atomic E-state index is 0.0820. The zero-order valence-electron chi connectivity index (χ0n) is 17.8. The number of anilines is 1. The van der Waals surface area contributed by atoms with Crippen LogP contribution >= 0.6 is 0 Å². The fraction of sp³-hybridized carbons (Fsp3) is 0.364. The Morgan fingerprint density at radius 3 is 2.66 bits per heavy atom. The molecule has 1 heterocycles. The van der Waals surface area contributed by atoms with Gasteiger partial charge < -0.3 is 9.64 Å². The summed E-state index contributed by atoms with van der Waals surface area (Å²) in [6, 6.07) is 12.0. The molecule has 3 N–H and O–H groups in total. The highest BCUT2D eigenvalue weighted by Gasteiger charge is 2.30. The molecule has 32 heavy (non-hydrogen) atoms. The van der Waals surface area contributed by atoms with E-state index in [0.717, 1.165) is 37.9 Å². The van der Waals surface area contributed by atoms with E-state index in [2.05, 4.69) is 21.6 Å². The third-order valence-corrected chi connectivity index (χ3v) is 7.01. The van der Waals surface area contributed by atoms with Crippen molar-refractivity contribution in [1.29, 1.82) is 0 Å². The molecule has 1 fully saturated rings. The van der Waals surface area contributed by atoms with E-state index in [1.54, 1.807) is 0 Å². The number of rotatable bonds is 7. The molecular weight excluding hydrogens is 432 g/mol. The Labute approximate surface area is 187 Å². The van der Waals surface area contributed by atoms with Crippen LogP contribution in [0.25, 0.3) is 0 Å². The number of aryl methyl sites for hydroxylation is 1. The van der Waals surface area contributed by atoms with Gasteiger partial charge in [0.1, 0.15) is 10.6 Å². The lowest BCUT2D eigenvalue weighted by molar-refractivity contribution is -0.120. The highest BCUT2D eigenvalue weighted by molar-refractivity contribution is 7.89. The Hall–Kier alpha value is -3.11. The Balaban J connectivity index is 1.40. The smallest absolute Gasteiger partial charge is 0.269 e. The van der Waals surface area contributed by atoms with Gasteiger partial charge in [-0.1, -0.05) is 18.2 Å². The maximum atomic E-state index is 12.6. The number of hydrogen-bond acceptors (Lipinski definition) is 6. The van der Waals surface area contributed by atoms with Crippen molar-refractivity contribution in [3.63, 3.8) is 0 Å². The Bertz CT molecular complexity index is 1130. The van der Waals surface area contributed by atoms with Crippen LogP contribution in [0, 0.1) is 0 Å². The molecule has 0 radical (unpaired) electrons. The molecule has 0 aromatic heterocycles. The van der Waals surface area contributed by atoms with Gasteiger partial charge in [-0.3, -0.25) is 20.4 Å². The molecule has 4 rings (SSSR count). The first-order chi connectivity index (χ1) is 15.4. The van der Waals surface area contributed by atoms with Crippen molar-refractivity contribution < 1.29 is 22.7 Å². The molecule has 0 atom stereocenters. The van der Waals surface area contributed by atoms with Crippen LogP contribution in [0.3, 0.4) is 0 Å². The van der Waals surface area contributed by atoms with Gasteiger partial charge >= 0.3 is 0 Å². The summed E-state index contributed by atoms with van der Waals surface area (Å²) in [4.78, 5) is 26.8. The van der Waals surface area contributed by atoms with Gasteiger partial charge in [-0.25, -0.2) is 13.1 Å². The van der Waals surface area contributed by atoms with Crippen LogP contribution in [-0.2, 0) is 21.2 Å². The molecule has 2 aromatic carbocycles. The van der Waals surface area contributed by atoms with E-state index in [-0.39, 0.29) is 34.7 Å². The largest absolute Gasteiger partial charge is 0.495 e. The lowest BCUT2D eigenvalue weighted by Gasteiger charge is -2.30. The van der Waals surface area contributed by atoms with Crippen molar-refractivity contribution in [2.24, 2.45) is 0 Å². The number of carbonyl (C=O) groups is 2. The average Bonchev–Trinajstić information content (AvgIpc) is 3.60. The number of hydrogen-bond donors (Lipinski definition) is 3. The Morgan fingerprint density at radius 1 is 1.12 bits per heavy atom. The fourth-order valence-electron chi connectivity index (χ4n) is 3.70. The molecule has 0 bridgehead atoms. The highest BCUT2D eigenvalue weighted by atomic mass is 32.2. The predicted octanol–water partition coefficient (Wildman–Crippen LogP) is 1.35. The maximum absolute atomic E-state index is 12.6. The number of nitrogens with zero attached hydrogens (tertiary/aromatic N) is 1. The Kier molecular flexibility index (Phi) is 6.33. The molecule has 9 nitrogen and oxygen atoms in total. The molecule has 170 valence electrons. The second-order valence-corrected chi connectivity index (χ2v) is 9.60. The number of carbonyl (C=O) groups excluding carboxylic acids is 2. The van der Waals surface area contributed by atoms with E-state index in [9.17, 15) is 18.0 Å². The van der Waals surface area contributed by atoms with Gasteiger partial charge in [0.25, 0.3) is 11.8 Å². The van der Waals surface area contributed by atoms with Crippen LogP contribution in [0.15, 0.2) is 47.4 Å². The van der Waals surface area contributed by atoms with E-state index < -0.39 is 15.9 Å². The standard InChI is InChI=1S/C22H26N4O5S/c1-31-19-11-8-16(13-20(19)32(29,30)25-17-9-10-17)22(28)24-23-21(27)14-26-12-4-6-15-5-2-3-7-18(15)26/h2-3,5,7-8,11,13,17,25H,4,6,9-10,12,14H2,1H3,(H,23,27)(H,24,28). The quantitative estimate of drug-likeness (QED) is 0.540. The van der Waals surface area contributed by atoms with Crippen LogP contribution in [-0.4, -0.2) is 46.5 Å². The molecule has 0 unspecified atom stereocenters. The fourth-order valence-corrected chi connectivity index (χ4v) is 5.20. The predicted molar refractivity (Wildman–Crippen MR) is 119 cm³/mol. The van der Waals surface area contributed by atoms with Crippen molar-refractivity contribution in [3.8, 4) is 5.75 Å². The van der Waals surface area contributed by atoms with Gasteiger partial charge in [-0.15, -0.1) is 0 Å². The summed E-state index contributed by atoms with van der Waals surface area (Å²) < 4.78 is 33.0. The molecule has 0 spiro atoms. The van der Waals surface area contributed by atoms with Crippen molar-refractivity contribution in [2.45, 2.75) is 36.6 Å². The van der Waals surface area contributed by atoms with Crippen LogP contribution in [0.5, 0.6) is 5.75 Å². The number of methoxy groups -OCH3 is 1. The topological polar surface area (TPSA) is 117 Å². The molecule has 10 heteroatoms. The second kappa shape index (κ2) is 9.17. The number of sulfonamides is 1. The summed E-state index contributed by atoms with van der Waals surface area (Å²) in [5.74, 6) is -0.850. The van der Waals surface area contributed by atoms with E-state index in [0.29, 0.717) is 0 Å². The minimum Gasteiger partial charge on any atom is -0.495 e. The molecular formula is C22H26N4O5S. The lowest BCUT2D eigenvalue weighted by Crippen LogP contribution is -2.47. The van der Waals surface area contributed by atoms with Crippen LogP contribution in [0.2, 0.25) is 0 Å². The summed E-state index contributed by atoms with van der Waals surface area (Å²) in [6.07, 6.45) is 3.50. The molecule has 2 amide bonds. The summed E-state index contributed by atoms with van der Waals surface area (Å²) in [7, 11) is -2.46. The molecule has 1 aliphatic heterocycles. The first-order valence-electron chi connectivity index (χ1n) is 10.5. The van der Waals surface area contributed by atoms with Crippen LogP contribution < -0.4 is 25.2 Å². The number of benzene rings is 2. The van der Waals surface area contributed by atoms with Crippen LogP contribution in [0.1, 0.15) is 35.2 Å². The summed E-state index contributed by atoms with van der Waals surface area (Å²) in [5.41, 5.74) is 7.08. The zero-order chi connectivity index (χ0) is 22.7. The third kappa shape index (κ3) is 5.03. The van der Waals surface area contributed by atoms with Crippen molar-refractivity contribution in [2.75, 3.05) is 25.1 Å². The van der Waals surface area contributed by atoms with Gasteiger partial charge in [0, 0.05) is 23.8 Å². The second-order valence-electron chi connectivity index (χ2n) is 7.92. The number of nitrogens with one attached hydrogen (secondary N) is 3. The summed E-state index contributed by atoms with van der Waals surface area (Å²) >= 11 is 0. The van der Waals surface area contributed by atoms with Gasteiger partial charge in [0.15, 0.2) is 0 Å². The number of amides is 2. The first kappa shape index (κ1) is 22.1. The highest BCUT2D eigenvalue weighted by Crippen LogP contribution is 2.28. The number of ether oxygens (including phenoxy) is 1. The monoisotopic (exact) mass is 458 g/mol. The molecule has 1 aliphatic carbocycles. The number of fused-ring (bicyclic) bond motifs is 1. The molecule has 1 saturated carbocycles. The normalized spacial score (nSPS) is 15.6. The van der Waals surface area contributed by atoms with E-state index >= 15 is 0 Å². The molecule has 0 saturated heterocycles. The number of hydrazine groups is 1. The van der Waals surface area contributed by atoms with E-state index in [4.69, 9.17) is 4.74 Å². The van der Waals surface area contributed by atoms with Crippen molar-refractivity contribution in [3.05, 3.63) is 53.6 Å². The zero-order valence-corrected chi connectivity index (χ0v) is 18.6.